The summed E-state index contributed by atoms with van der Waals surface area (Å²) in [6.07, 6.45) is 10.0. The zero-order valence-electron chi connectivity index (χ0n) is 48.9. The van der Waals surface area contributed by atoms with Crippen LogP contribution in [0, 0.1) is 25.7 Å². The third-order valence-corrected chi connectivity index (χ3v) is 18.0. The van der Waals surface area contributed by atoms with E-state index in [0.717, 1.165) is 24.0 Å². The summed E-state index contributed by atoms with van der Waals surface area (Å²) in [5.74, 6) is -4.82. The van der Waals surface area contributed by atoms with E-state index in [9.17, 15) is 27.6 Å². The monoisotopic (exact) mass is 1190 g/mol. The fourth-order valence-electron chi connectivity index (χ4n) is 11.3. The van der Waals surface area contributed by atoms with Crippen LogP contribution in [-0.4, -0.2) is 138 Å². The maximum atomic E-state index is 15.1. The average molecular weight is 1190 g/mol. The molecule has 0 bridgehead atoms. The summed E-state index contributed by atoms with van der Waals surface area (Å²) < 4.78 is 50.4. The molecule has 12 atom stereocenters. The molecule has 0 radical (unpaired) electrons. The summed E-state index contributed by atoms with van der Waals surface area (Å²) in [5, 5.41) is 11.5. The van der Waals surface area contributed by atoms with Crippen LogP contribution in [0.3, 0.4) is 0 Å². The van der Waals surface area contributed by atoms with E-state index in [0.29, 0.717) is 48.3 Å². The van der Waals surface area contributed by atoms with E-state index in [1.165, 1.54) is 9.80 Å². The standard InChI is InChI=1S/C60H82N8O13S2/c1-37-23-27-43(28-24-37)82(77)65-53(73)59-33-39(59)19-15-11-9-13-17-21-45(61-55(75)80-57(3,4)5)51(71)67-35-41(31-47(67)49(69)63-59)79-42-32-48-50(70)64-60(54(74)66-83(78)44-29-25-38(2)26-30-44)34-40(60)20-16-12-10-14-18-22-46(52(72)68(48)36-42)62-56(76)81-58(6,7)8/h15-16,19-20,23-30,39-42,45-48H,9-14,17-18,21-22,31-36H2,1-8H3,(H,61,75)(H,62,76)(H,63,69)(H,64,70)(H,65,73)(H,66,74)/b19-15-,20-16-/t39?,40?,41?,42?,45?,46?,47?,48?,59?,60?,82-,83-/m0/s1. The highest BCUT2D eigenvalue weighted by atomic mass is 32.2. The number of rotatable bonds is 10. The van der Waals surface area contributed by atoms with Crippen molar-refractivity contribution in [3.05, 3.63) is 84.0 Å². The highest BCUT2D eigenvalue weighted by molar-refractivity contribution is 7.84. The molecule has 4 fully saturated rings. The second kappa shape index (κ2) is 26.2. The summed E-state index contributed by atoms with van der Waals surface area (Å²) in [6, 6.07) is 8.90. The quantitative estimate of drug-likeness (QED) is 0.153. The van der Waals surface area contributed by atoms with Crippen LogP contribution in [0.2, 0.25) is 0 Å². The van der Waals surface area contributed by atoms with Crippen molar-refractivity contribution in [2.75, 3.05) is 13.1 Å². The van der Waals surface area contributed by atoms with Crippen molar-refractivity contribution in [2.24, 2.45) is 11.8 Å². The minimum atomic E-state index is -1.97. The Morgan fingerprint density at radius 3 is 1.30 bits per heavy atom. The number of carbonyl (C=O) groups excluding carboxylic acids is 8. The number of benzene rings is 2. The zero-order chi connectivity index (χ0) is 60.0. The number of aryl methyl sites for hydroxylation is 2. The van der Waals surface area contributed by atoms with Gasteiger partial charge < -0.3 is 45.3 Å². The van der Waals surface area contributed by atoms with E-state index in [1.54, 1.807) is 90.1 Å². The first-order valence-electron chi connectivity index (χ1n) is 29.1. The molecule has 2 aliphatic carbocycles. The number of nitrogens with zero attached hydrogens (tertiary/aromatic N) is 2. The second-order valence-corrected chi connectivity index (χ2v) is 27.4. The first kappa shape index (κ1) is 62.6. The molecule has 2 aromatic carbocycles. The molecule has 21 nitrogen and oxygen atoms in total. The van der Waals surface area contributed by atoms with Gasteiger partial charge in [-0.05, 0) is 131 Å². The maximum Gasteiger partial charge on any atom is 0.408 e. The van der Waals surface area contributed by atoms with E-state index in [1.807, 2.05) is 38.2 Å². The molecule has 0 spiro atoms. The highest BCUT2D eigenvalue weighted by Gasteiger charge is 2.63. The van der Waals surface area contributed by atoms with Crippen molar-refractivity contribution in [1.82, 2.24) is 40.5 Å². The number of hydrogen-bond acceptors (Lipinski definition) is 13. The van der Waals surface area contributed by atoms with Crippen molar-refractivity contribution < 1.29 is 61.0 Å². The van der Waals surface area contributed by atoms with Crippen LogP contribution >= 0.6 is 0 Å². The molecule has 2 saturated heterocycles. The van der Waals surface area contributed by atoms with Gasteiger partial charge in [0.1, 0.15) is 46.4 Å². The van der Waals surface area contributed by atoms with Gasteiger partial charge in [-0.25, -0.2) is 18.0 Å². The topological polar surface area (TPSA) is 277 Å². The second-order valence-electron chi connectivity index (χ2n) is 25.0. The van der Waals surface area contributed by atoms with Crippen molar-refractivity contribution >= 4 is 69.6 Å². The fourth-order valence-corrected chi connectivity index (χ4v) is 13.0. The van der Waals surface area contributed by atoms with Gasteiger partial charge >= 0.3 is 12.2 Å². The Balaban J connectivity index is 1.09. The molecule has 10 unspecified atom stereocenters. The molecule has 23 heteroatoms. The lowest BCUT2D eigenvalue weighted by Crippen LogP contribution is -2.58. The molecule has 83 heavy (non-hydrogen) atoms. The van der Waals surface area contributed by atoms with Gasteiger partial charge in [-0.15, -0.1) is 0 Å². The van der Waals surface area contributed by atoms with Gasteiger partial charge in [0.25, 0.3) is 11.8 Å². The molecule has 4 heterocycles. The number of fused-ring (bicyclic) bond motifs is 4. The van der Waals surface area contributed by atoms with Gasteiger partial charge in [-0.1, -0.05) is 85.4 Å². The third-order valence-electron chi connectivity index (χ3n) is 15.9. The van der Waals surface area contributed by atoms with E-state index in [4.69, 9.17) is 14.2 Å². The van der Waals surface area contributed by atoms with Crippen LogP contribution in [-0.2, 0) is 64.9 Å². The zero-order valence-corrected chi connectivity index (χ0v) is 50.5. The van der Waals surface area contributed by atoms with Crippen molar-refractivity contribution in [2.45, 2.75) is 214 Å². The number of ether oxygens (including phenoxy) is 3. The Hall–Kier alpha value is -6.46. The average Bonchev–Trinajstić information content (AvgIpc) is 1.88. The van der Waals surface area contributed by atoms with Crippen molar-refractivity contribution in [3.8, 4) is 0 Å². The summed E-state index contributed by atoms with van der Waals surface area (Å²) in [6.45, 7) is 13.6. The smallest absolute Gasteiger partial charge is 0.408 e. The van der Waals surface area contributed by atoms with Crippen LogP contribution in [0.1, 0.15) is 143 Å². The molecule has 6 N–H and O–H groups in total. The normalized spacial score (nSPS) is 30.4. The third kappa shape index (κ3) is 16.1. The van der Waals surface area contributed by atoms with Gasteiger partial charge in [0, 0.05) is 37.8 Å². The fraction of sp³-hybridized carbons (Fsp3) is 0.600. The molecule has 8 rings (SSSR count). The first-order valence-corrected chi connectivity index (χ1v) is 31.4. The molecule has 4 aliphatic heterocycles. The maximum absolute atomic E-state index is 15.1. The van der Waals surface area contributed by atoms with Gasteiger partial charge in [-0.2, -0.15) is 0 Å². The van der Waals surface area contributed by atoms with Crippen LogP contribution in [0.25, 0.3) is 0 Å². The molecule has 0 aromatic heterocycles. The first-order chi connectivity index (χ1) is 39.2. The minimum Gasteiger partial charge on any atom is -0.444 e. The number of hydrogen-bond donors (Lipinski definition) is 6. The van der Waals surface area contributed by atoms with Crippen LogP contribution in [0.5, 0.6) is 0 Å². The van der Waals surface area contributed by atoms with E-state index in [-0.39, 0.29) is 51.6 Å². The van der Waals surface area contributed by atoms with Gasteiger partial charge in [0.15, 0.2) is 22.0 Å². The summed E-state index contributed by atoms with van der Waals surface area (Å²) in [4.78, 5) is 119. The molecule has 2 aromatic rings. The molecular weight excluding hydrogens is 1100 g/mol. The van der Waals surface area contributed by atoms with Crippen molar-refractivity contribution in [1.29, 1.82) is 0 Å². The Morgan fingerprint density at radius 1 is 0.566 bits per heavy atom. The van der Waals surface area contributed by atoms with E-state index < -0.39 is 140 Å². The number of carbonyl (C=O) groups is 8. The summed E-state index contributed by atoms with van der Waals surface area (Å²) in [5.41, 5.74) is -2.97. The van der Waals surface area contributed by atoms with Crippen LogP contribution in [0.15, 0.2) is 82.6 Å². The number of alkyl carbamates (subject to hydrolysis) is 2. The summed E-state index contributed by atoms with van der Waals surface area (Å²) >= 11 is 0. The Bertz CT molecular complexity index is 2700. The lowest BCUT2D eigenvalue weighted by atomic mass is 10.0. The molecule has 6 aliphatic rings. The van der Waals surface area contributed by atoms with E-state index in [2.05, 4.69) is 30.7 Å². The Morgan fingerprint density at radius 2 is 0.940 bits per heavy atom. The number of allylic oxidation sites excluding steroid dienone is 2. The predicted octanol–water partition coefficient (Wildman–Crippen LogP) is 5.81. The lowest BCUT2D eigenvalue weighted by molar-refractivity contribution is -0.141. The van der Waals surface area contributed by atoms with Gasteiger partial charge in [0.05, 0.1) is 22.0 Å². The summed E-state index contributed by atoms with van der Waals surface area (Å²) in [7, 11) is -3.95. The predicted molar refractivity (Wildman–Crippen MR) is 309 cm³/mol. The van der Waals surface area contributed by atoms with Crippen LogP contribution < -0.4 is 30.7 Å². The molecule has 8 amide bonds. The Kier molecular flexibility index (Phi) is 19.8. The molecule has 2 saturated carbocycles. The SMILES string of the molecule is Cc1ccc([S@](=O)NC(=O)C23CC2/C=C\CCCCCC(NC(=O)OC(C)(C)C)C(=O)N2CC(OC4CC5C(=O)NC6(C(=O)N[S@@](=O)c7ccc(C)cc7)CC6/C=C\CCCCCC(NC(=O)OC(C)(C)C)C(=O)N5C4)CC2C(=O)N3)cc1. The molecule has 452 valence electrons. The van der Waals surface area contributed by atoms with Crippen LogP contribution in [0.4, 0.5) is 9.59 Å². The number of amides is 8. The molecular formula is C60H82N8O13S2. The lowest BCUT2D eigenvalue weighted by Gasteiger charge is -2.30. The van der Waals surface area contributed by atoms with Crippen molar-refractivity contribution in [3.63, 3.8) is 0 Å². The largest absolute Gasteiger partial charge is 0.444 e. The van der Waals surface area contributed by atoms with Gasteiger partial charge in [-0.3, -0.25) is 38.2 Å². The van der Waals surface area contributed by atoms with E-state index >= 15 is 19.2 Å². The minimum absolute atomic E-state index is 0.107. The Labute approximate surface area is 491 Å². The highest BCUT2D eigenvalue weighted by Crippen LogP contribution is 2.47. The number of nitrogens with one attached hydrogen (secondary N) is 6. The van der Waals surface area contributed by atoms with Gasteiger partial charge in [0.2, 0.25) is 23.6 Å².